The Kier molecular flexibility index (Phi) is 3.97. The minimum atomic E-state index is 0.657. The van der Waals surface area contributed by atoms with Crippen LogP contribution in [0.3, 0.4) is 0 Å². The molecule has 0 amide bonds. The molecule has 1 aliphatic carbocycles. The lowest BCUT2D eigenvalue weighted by Crippen LogP contribution is -2.33. The number of nitrogens with two attached hydrogens (primary N) is 1. The topological polar surface area (TPSA) is 29.3 Å². The van der Waals surface area contributed by atoms with E-state index in [0.717, 1.165) is 5.69 Å². The van der Waals surface area contributed by atoms with Crippen LogP contribution < -0.4 is 10.6 Å². The largest absolute Gasteiger partial charge is 0.398 e. The lowest BCUT2D eigenvalue weighted by atomic mass is 9.93. The summed E-state index contributed by atoms with van der Waals surface area (Å²) in [6.45, 7) is 0. The standard InChI is InChI=1S/C17H22N2S/c1-19(13-7-3-2-4-8-13)15-10-5-9-14(18)17(15)16-11-6-12-20-16/h5-6,9-13H,2-4,7-8,18H2,1H3. The molecule has 1 aromatic carbocycles. The zero-order valence-corrected chi connectivity index (χ0v) is 12.8. The average Bonchev–Trinajstić information content (AvgIpc) is 3.01. The molecule has 0 bridgehead atoms. The van der Waals surface area contributed by atoms with Crippen molar-refractivity contribution >= 4 is 22.7 Å². The van der Waals surface area contributed by atoms with Gasteiger partial charge in [-0.25, -0.2) is 0 Å². The Morgan fingerprint density at radius 2 is 1.90 bits per heavy atom. The summed E-state index contributed by atoms with van der Waals surface area (Å²) in [4.78, 5) is 3.71. The minimum Gasteiger partial charge on any atom is -0.398 e. The Labute approximate surface area is 125 Å². The second-order valence-corrected chi connectivity index (χ2v) is 6.57. The van der Waals surface area contributed by atoms with E-state index in [-0.39, 0.29) is 0 Å². The predicted molar refractivity (Wildman–Crippen MR) is 89.4 cm³/mol. The van der Waals surface area contributed by atoms with Crippen LogP contribution in [-0.4, -0.2) is 13.1 Å². The summed E-state index contributed by atoms with van der Waals surface area (Å²) in [5.74, 6) is 0. The molecule has 0 spiro atoms. The molecule has 20 heavy (non-hydrogen) atoms. The van der Waals surface area contributed by atoms with Crippen LogP contribution in [0, 0.1) is 0 Å². The Hall–Kier alpha value is -1.48. The molecule has 1 heterocycles. The van der Waals surface area contributed by atoms with E-state index in [0.29, 0.717) is 6.04 Å². The summed E-state index contributed by atoms with van der Waals surface area (Å²) >= 11 is 1.76. The number of hydrogen-bond donors (Lipinski definition) is 1. The number of anilines is 2. The van der Waals surface area contributed by atoms with Gasteiger partial charge in [0.15, 0.2) is 0 Å². The maximum Gasteiger partial charge on any atom is 0.0475 e. The third kappa shape index (κ3) is 2.55. The van der Waals surface area contributed by atoms with Crippen LogP contribution in [0.1, 0.15) is 32.1 Å². The summed E-state index contributed by atoms with van der Waals surface area (Å²) in [6.07, 6.45) is 6.70. The Bertz CT molecular complexity index is 556. The first kappa shape index (κ1) is 13.5. The van der Waals surface area contributed by atoms with E-state index in [4.69, 9.17) is 5.73 Å². The fourth-order valence-corrected chi connectivity index (χ4v) is 4.01. The maximum absolute atomic E-state index is 6.26. The highest BCUT2D eigenvalue weighted by molar-refractivity contribution is 7.13. The van der Waals surface area contributed by atoms with Crippen molar-refractivity contribution in [2.45, 2.75) is 38.1 Å². The molecule has 0 unspecified atom stereocenters. The first-order chi connectivity index (χ1) is 9.77. The van der Waals surface area contributed by atoms with Crippen molar-refractivity contribution in [3.05, 3.63) is 35.7 Å². The van der Waals surface area contributed by atoms with Crippen LogP contribution in [-0.2, 0) is 0 Å². The second kappa shape index (κ2) is 5.88. The van der Waals surface area contributed by atoms with E-state index >= 15 is 0 Å². The van der Waals surface area contributed by atoms with Crippen LogP contribution in [0.25, 0.3) is 10.4 Å². The van der Waals surface area contributed by atoms with E-state index in [1.807, 2.05) is 6.07 Å². The molecule has 1 saturated carbocycles. The van der Waals surface area contributed by atoms with Gasteiger partial charge in [-0.3, -0.25) is 0 Å². The van der Waals surface area contributed by atoms with E-state index in [2.05, 4.69) is 41.6 Å². The van der Waals surface area contributed by atoms with E-state index in [9.17, 15) is 0 Å². The number of hydrogen-bond acceptors (Lipinski definition) is 3. The van der Waals surface area contributed by atoms with Crippen LogP contribution in [0.4, 0.5) is 11.4 Å². The number of rotatable bonds is 3. The SMILES string of the molecule is CN(c1cccc(N)c1-c1cccs1)C1CCCCC1. The summed E-state index contributed by atoms with van der Waals surface area (Å²) in [6, 6.07) is 11.2. The van der Waals surface area contributed by atoms with Crippen LogP contribution in [0.15, 0.2) is 35.7 Å². The molecule has 3 heteroatoms. The molecule has 0 atom stereocenters. The summed E-state index contributed by atoms with van der Waals surface area (Å²) in [5, 5.41) is 2.12. The lowest BCUT2D eigenvalue weighted by Gasteiger charge is -2.34. The van der Waals surface area contributed by atoms with Gasteiger partial charge in [-0.2, -0.15) is 0 Å². The van der Waals surface area contributed by atoms with Crippen LogP contribution in [0.2, 0.25) is 0 Å². The van der Waals surface area contributed by atoms with Gasteiger partial charge in [-0.15, -0.1) is 11.3 Å². The molecule has 2 nitrogen and oxygen atoms in total. The summed E-state index contributed by atoms with van der Waals surface area (Å²) in [7, 11) is 2.22. The molecule has 0 aliphatic heterocycles. The second-order valence-electron chi connectivity index (χ2n) is 5.62. The molecule has 1 aliphatic rings. The third-order valence-electron chi connectivity index (χ3n) is 4.34. The first-order valence-electron chi connectivity index (χ1n) is 7.42. The van der Waals surface area contributed by atoms with E-state index in [1.165, 1.54) is 48.2 Å². The van der Waals surface area contributed by atoms with Gasteiger partial charge in [0.25, 0.3) is 0 Å². The van der Waals surface area contributed by atoms with Crippen LogP contribution in [0.5, 0.6) is 0 Å². The first-order valence-corrected chi connectivity index (χ1v) is 8.30. The van der Waals surface area contributed by atoms with Gasteiger partial charge in [0.05, 0.1) is 0 Å². The maximum atomic E-state index is 6.26. The molecule has 2 N–H and O–H groups in total. The molecule has 0 saturated heterocycles. The Morgan fingerprint density at radius 1 is 1.10 bits per heavy atom. The molecular formula is C17H22N2S. The van der Waals surface area contributed by atoms with Crippen molar-refractivity contribution < 1.29 is 0 Å². The normalized spacial score (nSPS) is 16.2. The number of benzene rings is 1. The third-order valence-corrected chi connectivity index (χ3v) is 5.23. The van der Waals surface area contributed by atoms with Gasteiger partial charge in [-0.1, -0.05) is 31.4 Å². The fraction of sp³-hybridized carbons (Fsp3) is 0.412. The molecule has 2 aromatic rings. The molecule has 106 valence electrons. The van der Waals surface area contributed by atoms with Crippen molar-refractivity contribution in [2.75, 3.05) is 17.7 Å². The quantitative estimate of drug-likeness (QED) is 0.824. The van der Waals surface area contributed by atoms with Gasteiger partial charge in [0.2, 0.25) is 0 Å². The zero-order chi connectivity index (χ0) is 13.9. The number of nitrogen functional groups attached to an aromatic ring is 1. The van der Waals surface area contributed by atoms with Crippen molar-refractivity contribution in [1.82, 2.24) is 0 Å². The summed E-state index contributed by atoms with van der Waals surface area (Å²) in [5.41, 5.74) is 9.62. The van der Waals surface area contributed by atoms with Gasteiger partial charge in [0.1, 0.15) is 0 Å². The van der Waals surface area contributed by atoms with Gasteiger partial charge >= 0.3 is 0 Å². The average molecular weight is 286 g/mol. The van der Waals surface area contributed by atoms with E-state index in [1.54, 1.807) is 11.3 Å². The number of thiophene rings is 1. The number of nitrogens with zero attached hydrogens (tertiary/aromatic N) is 1. The molecule has 3 rings (SSSR count). The van der Waals surface area contributed by atoms with Crippen molar-refractivity contribution in [2.24, 2.45) is 0 Å². The highest BCUT2D eigenvalue weighted by atomic mass is 32.1. The molecular weight excluding hydrogens is 264 g/mol. The zero-order valence-electron chi connectivity index (χ0n) is 12.0. The Morgan fingerprint density at radius 3 is 2.60 bits per heavy atom. The van der Waals surface area contributed by atoms with Crippen LogP contribution >= 0.6 is 11.3 Å². The van der Waals surface area contributed by atoms with Gasteiger partial charge < -0.3 is 10.6 Å². The van der Waals surface area contributed by atoms with Crippen molar-refractivity contribution in [1.29, 1.82) is 0 Å². The Balaban J connectivity index is 1.98. The lowest BCUT2D eigenvalue weighted by molar-refractivity contribution is 0.428. The molecule has 1 fully saturated rings. The smallest absolute Gasteiger partial charge is 0.0475 e. The minimum absolute atomic E-state index is 0.657. The van der Waals surface area contributed by atoms with Gasteiger partial charge in [-0.05, 0) is 36.4 Å². The van der Waals surface area contributed by atoms with E-state index < -0.39 is 0 Å². The van der Waals surface area contributed by atoms with Crippen molar-refractivity contribution in [3.63, 3.8) is 0 Å². The van der Waals surface area contributed by atoms with Gasteiger partial charge in [0, 0.05) is 34.9 Å². The fourth-order valence-electron chi connectivity index (χ4n) is 3.21. The highest BCUT2D eigenvalue weighted by Crippen LogP contribution is 2.39. The predicted octanol–water partition coefficient (Wildman–Crippen LogP) is 4.77. The highest BCUT2D eigenvalue weighted by Gasteiger charge is 2.21. The molecule has 1 aromatic heterocycles. The monoisotopic (exact) mass is 286 g/mol. The summed E-state index contributed by atoms with van der Waals surface area (Å²) < 4.78 is 0. The van der Waals surface area contributed by atoms with Crippen molar-refractivity contribution in [3.8, 4) is 10.4 Å². The molecule has 0 radical (unpaired) electrons.